The van der Waals surface area contributed by atoms with Crippen molar-refractivity contribution in [2.45, 2.75) is 45.4 Å². The summed E-state index contributed by atoms with van der Waals surface area (Å²) in [6.45, 7) is 4.52. The zero-order valence-electron chi connectivity index (χ0n) is 8.89. The number of hydrogen-bond acceptors (Lipinski definition) is 1. The van der Waals surface area contributed by atoms with E-state index >= 15 is 0 Å². The van der Waals surface area contributed by atoms with Crippen LogP contribution in [0.1, 0.15) is 45.4 Å². The highest BCUT2D eigenvalue weighted by molar-refractivity contribution is 4.90. The van der Waals surface area contributed by atoms with Crippen LogP contribution in [0.2, 0.25) is 0 Å². The normalized spacial score (nSPS) is 18.8. The minimum absolute atomic E-state index is 0.908. The second kappa shape index (κ2) is 7.14. The molecule has 0 amide bonds. The summed E-state index contributed by atoms with van der Waals surface area (Å²) < 4.78 is 0. The van der Waals surface area contributed by atoms with E-state index in [1.807, 2.05) is 0 Å². The second-order valence-electron chi connectivity index (χ2n) is 4.01. The lowest BCUT2D eigenvalue weighted by atomic mass is 10.1. The Bertz CT molecular complexity index is 134. The topological polar surface area (TPSA) is 12.0 Å². The summed E-state index contributed by atoms with van der Waals surface area (Å²) in [5.74, 6) is 0.908. The summed E-state index contributed by atoms with van der Waals surface area (Å²) in [4.78, 5) is 0. The minimum atomic E-state index is 0.908. The van der Waals surface area contributed by atoms with Crippen LogP contribution in [-0.2, 0) is 0 Å². The summed E-state index contributed by atoms with van der Waals surface area (Å²) in [6.07, 6.45) is 13.0. The summed E-state index contributed by atoms with van der Waals surface area (Å²) in [5.41, 5.74) is 0. The first kappa shape index (κ1) is 10.8. The summed E-state index contributed by atoms with van der Waals surface area (Å²) in [7, 11) is 0. The highest BCUT2D eigenvalue weighted by Crippen LogP contribution is 2.25. The molecule has 0 unspecified atom stereocenters. The van der Waals surface area contributed by atoms with E-state index in [0.29, 0.717) is 0 Å². The maximum Gasteiger partial charge on any atom is -0.00143 e. The van der Waals surface area contributed by atoms with Gasteiger partial charge in [0.25, 0.3) is 0 Å². The van der Waals surface area contributed by atoms with E-state index in [-0.39, 0.29) is 0 Å². The maximum absolute atomic E-state index is 3.41. The summed E-state index contributed by atoms with van der Waals surface area (Å²) >= 11 is 0. The molecule has 13 heavy (non-hydrogen) atoms. The Kier molecular flexibility index (Phi) is 5.92. The molecule has 1 rings (SSSR count). The van der Waals surface area contributed by atoms with Gasteiger partial charge >= 0.3 is 0 Å². The van der Waals surface area contributed by atoms with Gasteiger partial charge in [0.15, 0.2) is 0 Å². The fourth-order valence-corrected chi connectivity index (χ4v) is 1.93. The Labute approximate surface area is 82.6 Å². The van der Waals surface area contributed by atoms with Gasteiger partial charge < -0.3 is 5.32 Å². The van der Waals surface area contributed by atoms with E-state index in [2.05, 4.69) is 24.4 Å². The van der Waals surface area contributed by atoms with Gasteiger partial charge in [-0.3, -0.25) is 0 Å². The second-order valence-corrected chi connectivity index (χ2v) is 4.01. The molecular formula is C12H23N. The van der Waals surface area contributed by atoms with Crippen LogP contribution >= 0.6 is 0 Å². The lowest BCUT2D eigenvalue weighted by Crippen LogP contribution is -2.15. The van der Waals surface area contributed by atoms with E-state index in [4.69, 9.17) is 0 Å². The quantitative estimate of drug-likeness (QED) is 0.490. The van der Waals surface area contributed by atoms with E-state index < -0.39 is 0 Å². The molecule has 0 bridgehead atoms. The molecule has 1 aliphatic rings. The van der Waals surface area contributed by atoms with Crippen molar-refractivity contribution in [2.75, 3.05) is 13.1 Å². The minimum Gasteiger partial charge on any atom is -0.316 e. The summed E-state index contributed by atoms with van der Waals surface area (Å²) in [5, 5.41) is 3.41. The molecule has 1 nitrogen and oxygen atoms in total. The van der Waals surface area contributed by atoms with Crippen molar-refractivity contribution in [3.8, 4) is 0 Å². The molecule has 1 N–H and O–H groups in total. The van der Waals surface area contributed by atoms with Crippen LogP contribution in [0.15, 0.2) is 12.2 Å². The molecule has 0 aromatic heterocycles. The fraction of sp³-hybridized carbons (Fsp3) is 0.833. The Morgan fingerprint density at radius 1 is 1.23 bits per heavy atom. The number of nitrogens with one attached hydrogen (secondary N) is 1. The number of allylic oxidation sites excluding steroid dienone is 1. The number of rotatable bonds is 6. The molecule has 76 valence electrons. The fourth-order valence-electron chi connectivity index (χ4n) is 1.93. The molecule has 1 heteroatoms. The van der Waals surface area contributed by atoms with E-state index in [9.17, 15) is 0 Å². The Morgan fingerprint density at radius 3 is 2.69 bits per heavy atom. The SMILES string of the molecule is CCCNCCC=CC1CCCC1. The lowest BCUT2D eigenvalue weighted by molar-refractivity contribution is 0.663. The van der Waals surface area contributed by atoms with Crippen molar-refractivity contribution in [2.24, 2.45) is 5.92 Å². The maximum atomic E-state index is 3.41. The van der Waals surface area contributed by atoms with Gasteiger partial charge in [-0.1, -0.05) is 31.9 Å². The zero-order chi connectivity index (χ0) is 9.36. The van der Waals surface area contributed by atoms with Crippen molar-refractivity contribution in [1.29, 1.82) is 0 Å². The molecular weight excluding hydrogens is 158 g/mol. The Balaban J connectivity index is 1.91. The highest BCUT2D eigenvalue weighted by Gasteiger charge is 2.10. The predicted octanol–water partition coefficient (Wildman–Crippen LogP) is 3.12. The van der Waals surface area contributed by atoms with E-state index in [1.165, 1.54) is 38.5 Å². The third-order valence-electron chi connectivity index (χ3n) is 2.72. The number of hydrogen-bond donors (Lipinski definition) is 1. The van der Waals surface area contributed by atoms with Gasteiger partial charge in [-0.05, 0) is 44.7 Å². The molecule has 0 heterocycles. The van der Waals surface area contributed by atoms with Gasteiger partial charge in [0.2, 0.25) is 0 Å². The van der Waals surface area contributed by atoms with Gasteiger partial charge in [-0.15, -0.1) is 0 Å². The zero-order valence-corrected chi connectivity index (χ0v) is 8.89. The van der Waals surface area contributed by atoms with Crippen LogP contribution in [0.25, 0.3) is 0 Å². The monoisotopic (exact) mass is 181 g/mol. The molecule has 0 aromatic rings. The molecule has 0 aromatic carbocycles. The molecule has 0 radical (unpaired) electrons. The summed E-state index contributed by atoms with van der Waals surface area (Å²) in [6, 6.07) is 0. The predicted molar refractivity (Wildman–Crippen MR) is 58.9 cm³/mol. The van der Waals surface area contributed by atoms with Gasteiger partial charge in [-0.2, -0.15) is 0 Å². The average molecular weight is 181 g/mol. The van der Waals surface area contributed by atoms with Crippen molar-refractivity contribution >= 4 is 0 Å². The molecule has 0 spiro atoms. The molecule has 0 atom stereocenters. The van der Waals surface area contributed by atoms with Crippen LogP contribution < -0.4 is 5.32 Å². The lowest BCUT2D eigenvalue weighted by Gasteiger charge is -2.01. The molecule has 1 saturated carbocycles. The van der Waals surface area contributed by atoms with Crippen LogP contribution in [0.3, 0.4) is 0 Å². The first-order valence-electron chi connectivity index (χ1n) is 5.81. The standard InChI is InChI=1S/C12H23N/c1-2-10-13-11-6-5-9-12-7-3-4-8-12/h5,9,12-13H,2-4,6-8,10-11H2,1H3. The average Bonchev–Trinajstić information content (AvgIpc) is 2.63. The van der Waals surface area contributed by atoms with E-state index in [1.54, 1.807) is 0 Å². The third kappa shape index (κ3) is 5.09. The molecule has 1 aliphatic carbocycles. The molecule has 1 fully saturated rings. The van der Waals surface area contributed by atoms with Crippen molar-refractivity contribution in [1.82, 2.24) is 5.32 Å². The van der Waals surface area contributed by atoms with Crippen molar-refractivity contribution in [3.05, 3.63) is 12.2 Å². The molecule has 0 saturated heterocycles. The first-order chi connectivity index (χ1) is 6.43. The largest absolute Gasteiger partial charge is 0.316 e. The highest BCUT2D eigenvalue weighted by atomic mass is 14.8. The first-order valence-corrected chi connectivity index (χ1v) is 5.81. The van der Waals surface area contributed by atoms with Gasteiger partial charge in [0.1, 0.15) is 0 Å². The molecule has 0 aliphatic heterocycles. The van der Waals surface area contributed by atoms with Crippen LogP contribution in [0, 0.1) is 5.92 Å². The van der Waals surface area contributed by atoms with Gasteiger partial charge in [0.05, 0.1) is 0 Å². The van der Waals surface area contributed by atoms with E-state index in [0.717, 1.165) is 19.0 Å². The van der Waals surface area contributed by atoms with Crippen LogP contribution in [-0.4, -0.2) is 13.1 Å². The van der Waals surface area contributed by atoms with Crippen molar-refractivity contribution < 1.29 is 0 Å². The van der Waals surface area contributed by atoms with Crippen LogP contribution in [0.5, 0.6) is 0 Å². The Morgan fingerprint density at radius 2 is 2.00 bits per heavy atom. The van der Waals surface area contributed by atoms with Crippen molar-refractivity contribution in [3.63, 3.8) is 0 Å². The third-order valence-corrected chi connectivity index (χ3v) is 2.72. The smallest absolute Gasteiger partial charge is 0.00143 e. The Hall–Kier alpha value is -0.300. The van der Waals surface area contributed by atoms with Crippen LogP contribution in [0.4, 0.5) is 0 Å². The van der Waals surface area contributed by atoms with Gasteiger partial charge in [0, 0.05) is 0 Å². The van der Waals surface area contributed by atoms with Gasteiger partial charge in [-0.25, -0.2) is 0 Å².